The SMILES string of the molecule is Cl.Cl.Cl.O=C(CCC1CCNCC1)N1CCN(Cc2ncc[nH]2)CC1. The molecule has 9 heteroatoms. The maximum Gasteiger partial charge on any atom is 0.222 e. The smallest absolute Gasteiger partial charge is 0.222 e. The number of imidazole rings is 1. The highest BCUT2D eigenvalue weighted by atomic mass is 35.5. The van der Waals surface area contributed by atoms with Crippen molar-refractivity contribution in [3.05, 3.63) is 18.2 Å². The van der Waals surface area contributed by atoms with Crippen molar-refractivity contribution in [2.45, 2.75) is 32.2 Å². The van der Waals surface area contributed by atoms with Crippen LogP contribution in [0.1, 0.15) is 31.5 Å². The molecule has 3 rings (SSSR count). The first kappa shape index (κ1) is 24.5. The van der Waals surface area contributed by atoms with Gasteiger partial charge in [0.1, 0.15) is 5.82 Å². The minimum atomic E-state index is 0. The van der Waals surface area contributed by atoms with E-state index in [1.165, 1.54) is 12.8 Å². The lowest BCUT2D eigenvalue weighted by Gasteiger charge is -2.34. The molecule has 2 fully saturated rings. The Morgan fingerprint density at radius 2 is 1.80 bits per heavy atom. The number of piperazine rings is 1. The molecule has 0 spiro atoms. The summed E-state index contributed by atoms with van der Waals surface area (Å²) in [6.45, 7) is 6.68. The van der Waals surface area contributed by atoms with E-state index in [2.05, 4.69) is 20.2 Å². The maximum absolute atomic E-state index is 12.3. The van der Waals surface area contributed by atoms with Gasteiger partial charge < -0.3 is 15.2 Å². The number of aromatic amines is 1. The van der Waals surface area contributed by atoms with Gasteiger partial charge in [-0.1, -0.05) is 0 Å². The molecule has 0 aliphatic carbocycles. The molecular weight excluding hydrogens is 385 g/mol. The van der Waals surface area contributed by atoms with Crippen LogP contribution in [0.4, 0.5) is 0 Å². The monoisotopic (exact) mass is 413 g/mol. The summed E-state index contributed by atoms with van der Waals surface area (Å²) >= 11 is 0. The molecule has 2 aliphatic heterocycles. The third-order valence-corrected chi connectivity index (χ3v) is 4.88. The van der Waals surface area contributed by atoms with Gasteiger partial charge in [-0.15, -0.1) is 37.2 Å². The molecule has 2 saturated heterocycles. The van der Waals surface area contributed by atoms with E-state index < -0.39 is 0 Å². The fourth-order valence-electron chi connectivity index (χ4n) is 3.41. The number of hydrogen-bond acceptors (Lipinski definition) is 4. The minimum absolute atomic E-state index is 0. The maximum atomic E-state index is 12.3. The molecule has 2 aliphatic rings. The predicted molar refractivity (Wildman–Crippen MR) is 107 cm³/mol. The number of amides is 1. The van der Waals surface area contributed by atoms with E-state index in [0.29, 0.717) is 5.91 Å². The zero-order valence-corrected chi connectivity index (χ0v) is 16.9. The lowest BCUT2D eigenvalue weighted by atomic mass is 9.93. The Morgan fingerprint density at radius 3 is 2.40 bits per heavy atom. The molecule has 0 aromatic carbocycles. The Bertz CT molecular complexity index is 460. The predicted octanol–water partition coefficient (Wildman–Crippen LogP) is 2.10. The Kier molecular flexibility index (Phi) is 12.5. The highest BCUT2D eigenvalue weighted by molar-refractivity contribution is 5.86. The van der Waals surface area contributed by atoms with Gasteiger partial charge in [-0.3, -0.25) is 9.69 Å². The molecule has 25 heavy (non-hydrogen) atoms. The molecule has 2 N–H and O–H groups in total. The fraction of sp³-hybridized carbons (Fsp3) is 0.750. The molecule has 1 aromatic heterocycles. The van der Waals surface area contributed by atoms with Crippen LogP contribution < -0.4 is 5.32 Å². The summed E-state index contributed by atoms with van der Waals surface area (Å²) in [6.07, 6.45) is 7.89. The summed E-state index contributed by atoms with van der Waals surface area (Å²) in [7, 11) is 0. The number of piperidine rings is 1. The van der Waals surface area contributed by atoms with Crippen molar-refractivity contribution in [2.24, 2.45) is 5.92 Å². The van der Waals surface area contributed by atoms with Crippen molar-refractivity contribution < 1.29 is 4.79 Å². The van der Waals surface area contributed by atoms with Crippen molar-refractivity contribution in [1.29, 1.82) is 0 Å². The number of H-pyrrole nitrogens is 1. The number of rotatable bonds is 5. The van der Waals surface area contributed by atoms with Crippen LogP contribution in [-0.2, 0) is 11.3 Å². The number of carbonyl (C=O) groups is 1. The van der Waals surface area contributed by atoms with Crippen LogP contribution in [0.2, 0.25) is 0 Å². The average molecular weight is 415 g/mol. The summed E-state index contributed by atoms with van der Waals surface area (Å²) in [4.78, 5) is 24.1. The molecule has 1 amide bonds. The van der Waals surface area contributed by atoms with Crippen LogP contribution in [0.3, 0.4) is 0 Å². The number of nitrogens with zero attached hydrogens (tertiary/aromatic N) is 3. The number of halogens is 3. The first-order valence-electron chi connectivity index (χ1n) is 8.50. The zero-order valence-electron chi connectivity index (χ0n) is 14.5. The van der Waals surface area contributed by atoms with Crippen LogP contribution in [0, 0.1) is 5.92 Å². The van der Waals surface area contributed by atoms with Gasteiger partial charge in [0.2, 0.25) is 5.91 Å². The van der Waals surface area contributed by atoms with E-state index in [-0.39, 0.29) is 37.2 Å². The molecular formula is C16H30Cl3N5O. The summed E-state index contributed by atoms with van der Waals surface area (Å²) in [5, 5.41) is 3.38. The fourth-order valence-corrected chi connectivity index (χ4v) is 3.41. The molecule has 0 atom stereocenters. The second-order valence-corrected chi connectivity index (χ2v) is 6.42. The molecule has 3 heterocycles. The van der Waals surface area contributed by atoms with Crippen LogP contribution in [0.15, 0.2) is 12.4 Å². The third kappa shape index (κ3) is 7.71. The lowest BCUT2D eigenvalue weighted by Crippen LogP contribution is -2.48. The summed E-state index contributed by atoms with van der Waals surface area (Å²) in [6, 6.07) is 0. The number of aromatic nitrogens is 2. The van der Waals surface area contributed by atoms with Crippen molar-refractivity contribution in [1.82, 2.24) is 25.1 Å². The van der Waals surface area contributed by atoms with E-state index in [9.17, 15) is 4.79 Å². The summed E-state index contributed by atoms with van der Waals surface area (Å²) in [5.74, 6) is 2.09. The van der Waals surface area contributed by atoms with E-state index in [0.717, 1.165) is 70.4 Å². The van der Waals surface area contributed by atoms with Crippen molar-refractivity contribution >= 4 is 43.1 Å². The number of nitrogens with one attached hydrogen (secondary N) is 2. The molecule has 0 saturated carbocycles. The zero-order chi connectivity index (χ0) is 15.2. The molecule has 0 unspecified atom stereocenters. The van der Waals surface area contributed by atoms with Gasteiger partial charge in [0.05, 0.1) is 6.54 Å². The quantitative estimate of drug-likeness (QED) is 0.774. The van der Waals surface area contributed by atoms with Crippen LogP contribution >= 0.6 is 37.2 Å². The normalized spacial score (nSPS) is 18.6. The molecule has 0 bridgehead atoms. The van der Waals surface area contributed by atoms with Gasteiger partial charge in [-0.25, -0.2) is 4.98 Å². The van der Waals surface area contributed by atoms with Gasteiger partial charge in [0.15, 0.2) is 0 Å². The minimum Gasteiger partial charge on any atom is -0.348 e. The Hall–Kier alpha value is -0.530. The molecule has 6 nitrogen and oxygen atoms in total. The van der Waals surface area contributed by atoms with Gasteiger partial charge in [-0.2, -0.15) is 0 Å². The second kappa shape index (κ2) is 12.8. The van der Waals surface area contributed by atoms with Crippen molar-refractivity contribution in [2.75, 3.05) is 39.3 Å². The van der Waals surface area contributed by atoms with E-state index in [1.54, 1.807) is 6.20 Å². The summed E-state index contributed by atoms with van der Waals surface area (Å²) < 4.78 is 0. The summed E-state index contributed by atoms with van der Waals surface area (Å²) in [5.41, 5.74) is 0. The Labute approximate surface area is 168 Å². The van der Waals surface area contributed by atoms with Crippen LogP contribution in [0.5, 0.6) is 0 Å². The first-order valence-corrected chi connectivity index (χ1v) is 8.50. The third-order valence-electron chi connectivity index (χ3n) is 4.88. The number of carbonyl (C=O) groups excluding carboxylic acids is 1. The molecule has 0 radical (unpaired) electrons. The standard InChI is InChI=1S/C16H27N5O.3ClH/c22-16(2-1-14-3-5-17-6-4-14)21-11-9-20(10-12-21)13-15-18-7-8-19-15;;;/h7-8,14,17H,1-6,9-13H2,(H,18,19);3*1H. The highest BCUT2D eigenvalue weighted by Gasteiger charge is 2.22. The number of hydrogen-bond donors (Lipinski definition) is 2. The first-order chi connectivity index (χ1) is 10.8. The Balaban J connectivity index is 0.00000192. The van der Waals surface area contributed by atoms with Crippen LogP contribution in [-0.4, -0.2) is 64.9 Å². The van der Waals surface area contributed by atoms with Crippen LogP contribution in [0.25, 0.3) is 0 Å². The van der Waals surface area contributed by atoms with Gasteiger partial charge in [0.25, 0.3) is 0 Å². The van der Waals surface area contributed by atoms with E-state index in [4.69, 9.17) is 0 Å². The van der Waals surface area contributed by atoms with Gasteiger partial charge in [-0.05, 0) is 38.3 Å². The van der Waals surface area contributed by atoms with E-state index >= 15 is 0 Å². The lowest BCUT2D eigenvalue weighted by molar-refractivity contribution is -0.133. The van der Waals surface area contributed by atoms with Gasteiger partial charge >= 0.3 is 0 Å². The van der Waals surface area contributed by atoms with Gasteiger partial charge in [0, 0.05) is 45.0 Å². The largest absolute Gasteiger partial charge is 0.348 e. The van der Waals surface area contributed by atoms with E-state index in [1.807, 2.05) is 11.1 Å². The topological polar surface area (TPSA) is 64.3 Å². The van der Waals surface area contributed by atoms with Crippen molar-refractivity contribution in [3.63, 3.8) is 0 Å². The average Bonchev–Trinajstić information content (AvgIpc) is 3.07. The second-order valence-electron chi connectivity index (χ2n) is 6.42. The molecule has 146 valence electrons. The highest BCUT2D eigenvalue weighted by Crippen LogP contribution is 2.18. The Morgan fingerprint density at radius 1 is 1.12 bits per heavy atom. The van der Waals surface area contributed by atoms with Crippen molar-refractivity contribution in [3.8, 4) is 0 Å². The molecule has 1 aromatic rings.